The molecular formula is C11H21N3O. The molecule has 2 N–H and O–H groups in total. The smallest absolute Gasteiger partial charge is 0.320 e. The number of amides is 2. The third-order valence-corrected chi connectivity index (χ3v) is 3.54. The summed E-state index contributed by atoms with van der Waals surface area (Å²) in [5.41, 5.74) is 5.71. The second kappa shape index (κ2) is 4.39. The number of nitrogens with zero attached hydrogens (tertiary/aromatic N) is 2. The SMILES string of the molecule is CN(C(=O)N1CCCCC1CN)C1CC1. The number of carbonyl (C=O) groups excluding carboxylic acids is 1. The molecule has 86 valence electrons. The first kappa shape index (κ1) is 10.7. The Hall–Kier alpha value is -0.770. The summed E-state index contributed by atoms with van der Waals surface area (Å²) in [5, 5.41) is 0. The highest BCUT2D eigenvalue weighted by Crippen LogP contribution is 2.27. The van der Waals surface area contributed by atoms with Gasteiger partial charge in [0.15, 0.2) is 0 Å². The molecule has 2 fully saturated rings. The Morgan fingerprint density at radius 2 is 2.13 bits per heavy atom. The molecule has 1 heterocycles. The van der Waals surface area contributed by atoms with Crippen molar-refractivity contribution in [2.45, 2.75) is 44.2 Å². The van der Waals surface area contributed by atoms with Crippen LogP contribution in [-0.4, -0.2) is 48.1 Å². The van der Waals surface area contributed by atoms with Gasteiger partial charge in [0.2, 0.25) is 0 Å². The predicted octanol–water partition coefficient (Wildman–Crippen LogP) is 1.01. The Morgan fingerprint density at radius 3 is 2.73 bits per heavy atom. The first-order valence-corrected chi connectivity index (χ1v) is 5.97. The summed E-state index contributed by atoms with van der Waals surface area (Å²) in [6.07, 6.45) is 5.74. The summed E-state index contributed by atoms with van der Waals surface area (Å²) in [7, 11) is 1.92. The van der Waals surface area contributed by atoms with E-state index in [0.717, 1.165) is 19.4 Å². The van der Waals surface area contributed by atoms with E-state index in [4.69, 9.17) is 5.73 Å². The van der Waals surface area contributed by atoms with Gasteiger partial charge in [0.25, 0.3) is 0 Å². The third kappa shape index (κ3) is 2.25. The molecule has 0 aromatic heterocycles. The van der Waals surface area contributed by atoms with Crippen LogP contribution in [0.5, 0.6) is 0 Å². The zero-order valence-corrected chi connectivity index (χ0v) is 9.48. The molecule has 1 saturated carbocycles. The normalized spacial score (nSPS) is 26.5. The minimum Gasteiger partial charge on any atom is -0.328 e. The number of likely N-dealkylation sites (tertiary alicyclic amines) is 1. The second-order valence-corrected chi connectivity index (χ2v) is 4.70. The Labute approximate surface area is 91.4 Å². The molecule has 1 unspecified atom stereocenters. The van der Waals surface area contributed by atoms with Crippen LogP contribution in [0.2, 0.25) is 0 Å². The highest BCUT2D eigenvalue weighted by molar-refractivity contribution is 5.75. The fourth-order valence-electron chi connectivity index (χ4n) is 2.32. The first-order valence-electron chi connectivity index (χ1n) is 5.97. The summed E-state index contributed by atoms with van der Waals surface area (Å²) < 4.78 is 0. The van der Waals surface area contributed by atoms with Gasteiger partial charge in [-0.3, -0.25) is 0 Å². The van der Waals surface area contributed by atoms with Crippen molar-refractivity contribution in [3.63, 3.8) is 0 Å². The lowest BCUT2D eigenvalue weighted by atomic mass is 10.0. The van der Waals surface area contributed by atoms with Crippen molar-refractivity contribution >= 4 is 6.03 Å². The van der Waals surface area contributed by atoms with Crippen LogP contribution < -0.4 is 5.73 Å². The molecule has 0 aromatic carbocycles. The highest BCUT2D eigenvalue weighted by atomic mass is 16.2. The number of hydrogen-bond donors (Lipinski definition) is 1. The predicted molar refractivity (Wildman–Crippen MR) is 59.6 cm³/mol. The van der Waals surface area contributed by atoms with Crippen LogP contribution in [0, 0.1) is 0 Å². The van der Waals surface area contributed by atoms with E-state index in [-0.39, 0.29) is 12.1 Å². The molecule has 1 aliphatic heterocycles. The van der Waals surface area contributed by atoms with Gasteiger partial charge < -0.3 is 15.5 Å². The van der Waals surface area contributed by atoms with Crippen LogP contribution in [0.4, 0.5) is 4.79 Å². The number of hydrogen-bond acceptors (Lipinski definition) is 2. The first-order chi connectivity index (χ1) is 7.24. The van der Waals surface area contributed by atoms with Crippen LogP contribution >= 0.6 is 0 Å². The van der Waals surface area contributed by atoms with E-state index in [9.17, 15) is 4.79 Å². The molecule has 2 rings (SSSR count). The average molecular weight is 211 g/mol. The Bertz CT molecular complexity index is 240. The number of urea groups is 1. The van der Waals surface area contributed by atoms with Crippen molar-refractivity contribution in [3.8, 4) is 0 Å². The molecule has 0 spiro atoms. The van der Waals surface area contributed by atoms with E-state index in [1.165, 1.54) is 19.3 Å². The van der Waals surface area contributed by atoms with Gasteiger partial charge in [-0.25, -0.2) is 4.79 Å². The Morgan fingerprint density at radius 1 is 1.40 bits per heavy atom. The lowest BCUT2D eigenvalue weighted by Crippen LogP contribution is -2.52. The van der Waals surface area contributed by atoms with Crippen molar-refractivity contribution in [2.24, 2.45) is 5.73 Å². The maximum Gasteiger partial charge on any atom is 0.320 e. The fraction of sp³-hybridized carbons (Fsp3) is 0.909. The van der Waals surface area contributed by atoms with Gasteiger partial charge in [-0.1, -0.05) is 0 Å². The van der Waals surface area contributed by atoms with Crippen molar-refractivity contribution in [1.29, 1.82) is 0 Å². The zero-order valence-electron chi connectivity index (χ0n) is 9.48. The lowest BCUT2D eigenvalue weighted by molar-refractivity contribution is 0.123. The van der Waals surface area contributed by atoms with Crippen LogP contribution in [-0.2, 0) is 0 Å². The summed E-state index contributed by atoms with van der Waals surface area (Å²) in [6, 6.07) is 0.956. The van der Waals surface area contributed by atoms with Crippen LogP contribution in [0.15, 0.2) is 0 Å². The summed E-state index contributed by atoms with van der Waals surface area (Å²) in [4.78, 5) is 16.0. The molecule has 4 heteroatoms. The molecule has 1 aliphatic carbocycles. The van der Waals surface area contributed by atoms with E-state index in [2.05, 4.69) is 0 Å². The van der Waals surface area contributed by atoms with Crippen LogP contribution in [0.3, 0.4) is 0 Å². The molecule has 0 bridgehead atoms. The summed E-state index contributed by atoms with van der Waals surface area (Å²) in [6.45, 7) is 1.49. The Kier molecular flexibility index (Phi) is 3.14. The van der Waals surface area contributed by atoms with Gasteiger partial charge in [-0.2, -0.15) is 0 Å². The van der Waals surface area contributed by atoms with E-state index in [1.807, 2.05) is 16.8 Å². The summed E-state index contributed by atoms with van der Waals surface area (Å²) in [5.74, 6) is 0. The van der Waals surface area contributed by atoms with Gasteiger partial charge in [0.1, 0.15) is 0 Å². The molecule has 2 amide bonds. The van der Waals surface area contributed by atoms with Gasteiger partial charge in [-0.15, -0.1) is 0 Å². The minimum atomic E-state index is 0.188. The van der Waals surface area contributed by atoms with Gasteiger partial charge >= 0.3 is 6.03 Å². The standard InChI is InChI=1S/C11H21N3O/c1-13(9-5-6-9)11(15)14-7-3-2-4-10(14)8-12/h9-10H,2-8,12H2,1H3. The molecule has 0 radical (unpaired) electrons. The maximum atomic E-state index is 12.1. The van der Waals surface area contributed by atoms with E-state index < -0.39 is 0 Å². The van der Waals surface area contributed by atoms with Gasteiger partial charge in [0.05, 0.1) is 0 Å². The fourth-order valence-corrected chi connectivity index (χ4v) is 2.32. The molecule has 1 atom stereocenters. The van der Waals surface area contributed by atoms with Crippen molar-refractivity contribution in [2.75, 3.05) is 20.1 Å². The van der Waals surface area contributed by atoms with E-state index in [1.54, 1.807) is 0 Å². The third-order valence-electron chi connectivity index (χ3n) is 3.54. The molecule has 1 saturated heterocycles. The number of carbonyl (C=O) groups is 1. The minimum absolute atomic E-state index is 0.188. The largest absolute Gasteiger partial charge is 0.328 e. The molecular weight excluding hydrogens is 190 g/mol. The van der Waals surface area contributed by atoms with Crippen molar-refractivity contribution in [1.82, 2.24) is 9.80 Å². The molecule has 0 aromatic rings. The monoisotopic (exact) mass is 211 g/mol. The van der Waals surface area contributed by atoms with Crippen LogP contribution in [0.1, 0.15) is 32.1 Å². The molecule has 15 heavy (non-hydrogen) atoms. The topological polar surface area (TPSA) is 49.6 Å². The average Bonchev–Trinajstić information content (AvgIpc) is 3.11. The molecule has 4 nitrogen and oxygen atoms in total. The van der Waals surface area contributed by atoms with E-state index >= 15 is 0 Å². The number of rotatable bonds is 2. The number of piperidine rings is 1. The van der Waals surface area contributed by atoms with Crippen molar-refractivity contribution < 1.29 is 4.79 Å². The van der Waals surface area contributed by atoms with Crippen molar-refractivity contribution in [3.05, 3.63) is 0 Å². The zero-order chi connectivity index (χ0) is 10.8. The molecule has 2 aliphatic rings. The quantitative estimate of drug-likeness (QED) is 0.741. The second-order valence-electron chi connectivity index (χ2n) is 4.70. The van der Waals surface area contributed by atoms with Crippen LogP contribution in [0.25, 0.3) is 0 Å². The maximum absolute atomic E-state index is 12.1. The number of nitrogens with two attached hydrogens (primary N) is 1. The summed E-state index contributed by atoms with van der Waals surface area (Å²) >= 11 is 0. The van der Waals surface area contributed by atoms with Gasteiger partial charge in [0, 0.05) is 32.2 Å². The van der Waals surface area contributed by atoms with Gasteiger partial charge in [-0.05, 0) is 32.1 Å². The highest BCUT2D eigenvalue weighted by Gasteiger charge is 2.34. The van der Waals surface area contributed by atoms with E-state index in [0.29, 0.717) is 12.6 Å². The lowest BCUT2D eigenvalue weighted by Gasteiger charge is -2.37. The Balaban J connectivity index is 1.96.